The standard InChI is InChI=1S/C13H15ClFNO4/c1-6(17)8-3-9(14)11(15)10(12(8)20-2)7-4-16(5-7)13(18)19/h3,6-7,17H,4-5H2,1-2H3,(H,18,19). The third kappa shape index (κ3) is 2.41. The molecule has 1 amide bonds. The van der Waals surface area contributed by atoms with Crippen LogP contribution in [0, 0.1) is 5.82 Å². The highest BCUT2D eigenvalue weighted by molar-refractivity contribution is 6.31. The van der Waals surface area contributed by atoms with Crippen molar-refractivity contribution < 1.29 is 24.1 Å². The summed E-state index contributed by atoms with van der Waals surface area (Å²) in [6.07, 6.45) is -1.91. The van der Waals surface area contributed by atoms with E-state index in [0.717, 1.165) is 0 Å². The molecule has 0 bridgehead atoms. The van der Waals surface area contributed by atoms with E-state index in [9.17, 15) is 14.3 Å². The van der Waals surface area contributed by atoms with Gasteiger partial charge in [-0.1, -0.05) is 11.6 Å². The molecule has 1 aromatic rings. The summed E-state index contributed by atoms with van der Waals surface area (Å²) in [7, 11) is 1.38. The number of nitrogens with zero attached hydrogens (tertiary/aromatic N) is 1. The van der Waals surface area contributed by atoms with Crippen LogP contribution >= 0.6 is 11.6 Å². The van der Waals surface area contributed by atoms with Gasteiger partial charge in [0.05, 0.1) is 18.2 Å². The number of aliphatic hydroxyl groups excluding tert-OH is 1. The van der Waals surface area contributed by atoms with Gasteiger partial charge in [0.15, 0.2) is 0 Å². The Morgan fingerprint density at radius 2 is 2.20 bits per heavy atom. The third-order valence-electron chi connectivity index (χ3n) is 3.45. The van der Waals surface area contributed by atoms with Crippen molar-refractivity contribution >= 4 is 17.7 Å². The third-order valence-corrected chi connectivity index (χ3v) is 3.72. The molecule has 0 spiro atoms. The molecule has 7 heteroatoms. The van der Waals surface area contributed by atoms with Crippen molar-refractivity contribution in [2.45, 2.75) is 18.9 Å². The first-order chi connectivity index (χ1) is 9.36. The molecule has 0 aliphatic carbocycles. The highest BCUT2D eigenvalue weighted by atomic mass is 35.5. The zero-order valence-corrected chi connectivity index (χ0v) is 11.8. The highest BCUT2D eigenvalue weighted by Gasteiger charge is 2.37. The molecular formula is C13H15ClFNO4. The second kappa shape index (κ2) is 5.46. The van der Waals surface area contributed by atoms with Crippen LogP contribution in [0.25, 0.3) is 0 Å². The van der Waals surface area contributed by atoms with Crippen molar-refractivity contribution in [3.05, 3.63) is 28.0 Å². The number of ether oxygens (including phenoxy) is 1. The fourth-order valence-electron chi connectivity index (χ4n) is 2.37. The fraction of sp³-hybridized carbons (Fsp3) is 0.462. The number of hydrogen-bond acceptors (Lipinski definition) is 3. The first kappa shape index (κ1) is 14.9. The largest absolute Gasteiger partial charge is 0.496 e. The second-order valence-electron chi connectivity index (χ2n) is 4.77. The predicted molar refractivity (Wildman–Crippen MR) is 70.9 cm³/mol. The van der Waals surface area contributed by atoms with Crippen LogP contribution in [0.3, 0.4) is 0 Å². The Labute approximate surface area is 120 Å². The molecule has 2 rings (SSSR count). The molecule has 1 heterocycles. The molecule has 1 aromatic carbocycles. The maximum atomic E-state index is 14.2. The minimum absolute atomic E-state index is 0.106. The molecule has 0 saturated carbocycles. The summed E-state index contributed by atoms with van der Waals surface area (Å²) in [5.41, 5.74) is 0.621. The zero-order chi connectivity index (χ0) is 15.0. The second-order valence-corrected chi connectivity index (χ2v) is 5.18. The first-order valence-electron chi connectivity index (χ1n) is 6.08. The lowest BCUT2D eigenvalue weighted by Gasteiger charge is -2.38. The molecule has 20 heavy (non-hydrogen) atoms. The van der Waals surface area contributed by atoms with Crippen LogP contribution < -0.4 is 4.74 Å². The average Bonchev–Trinajstić information content (AvgIpc) is 2.31. The van der Waals surface area contributed by atoms with E-state index in [2.05, 4.69) is 0 Å². The van der Waals surface area contributed by atoms with Gasteiger partial charge in [-0.2, -0.15) is 0 Å². The van der Waals surface area contributed by atoms with Crippen molar-refractivity contribution in [1.82, 2.24) is 4.90 Å². The maximum absolute atomic E-state index is 14.2. The Hall–Kier alpha value is -1.53. The number of carboxylic acid groups (broad SMARTS) is 1. The molecule has 0 radical (unpaired) electrons. The average molecular weight is 304 g/mol. The summed E-state index contributed by atoms with van der Waals surface area (Å²) in [5, 5.41) is 18.4. The molecule has 0 aromatic heterocycles. The Morgan fingerprint density at radius 1 is 1.60 bits per heavy atom. The van der Waals surface area contributed by atoms with Gasteiger partial charge in [-0.3, -0.25) is 0 Å². The van der Waals surface area contributed by atoms with Gasteiger partial charge in [0, 0.05) is 30.1 Å². The Kier molecular flexibility index (Phi) is 4.06. The molecule has 1 aliphatic heterocycles. The van der Waals surface area contributed by atoms with E-state index in [1.807, 2.05) is 0 Å². The fourth-order valence-corrected chi connectivity index (χ4v) is 2.59. The molecule has 1 atom stereocenters. The highest BCUT2D eigenvalue weighted by Crippen LogP contribution is 2.42. The normalized spacial score (nSPS) is 16.8. The van der Waals surface area contributed by atoms with Gasteiger partial charge in [0.2, 0.25) is 0 Å². The van der Waals surface area contributed by atoms with Gasteiger partial charge >= 0.3 is 6.09 Å². The maximum Gasteiger partial charge on any atom is 0.407 e. The van der Waals surface area contributed by atoms with Crippen LogP contribution in [0.15, 0.2) is 6.07 Å². The zero-order valence-electron chi connectivity index (χ0n) is 11.1. The number of hydrogen-bond donors (Lipinski definition) is 2. The summed E-state index contributed by atoms with van der Waals surface area (Å²) in [6, 6.07) is 1.33. The minimum atomic E-state index is -1.04. The van der Waals surface area contributed by atoms with Crippen molar-refractivity contribution in [3.8, 4) is 5.75 Å². The molecule has 1 aliphatic rings. The van der Waals surface area contributed by atoms with Crippen LogP contribution in [-0.2, 0) is 0 Å². The minimum Gasteiger partial charge on any atom is -0.496 e. The molecular weight excluding hydrogens is 289 g/mol. The number of halogens is 2. The van der Waals surface area contributed by atoms with Crippen molar-refractivity contribution in [2.24, 2.45) is 0 Å². The van der Waals surface area contributed by atoms with Crippen LogP contribution in [0.1, 0.15) is 30.1 Å². The van der Waals surface area contributed by atoms with Gasteiger partial charge in [0.25, 0.3) is 0 Å². The number of likely N-dealkylation sites (tertiary alicyclic amines) is 1. The van der Waals surface area contributed by atoms with Crippen LogP contribution in [0.2, 0.25) is 5.02 Å². The van der Waals surface area contributed by atoms with E-state index < -0.39 is 18.0 Å². The van der Waals surface area contributed by atoms with E-state index >= 15 is 0 Å². The first-order valence-corrected chi connectivity index (χ1v) is 6.46. The van der Waals surface area contributed by atoms with Crippen LogP contribution in [-0.4, -0.2) is 41.4 Å². The Bertz CT molecular complexity index is 544. The van der Waals surface area contributed by atoms with E-state index in [1.54, 1.807) is 0 Å². The number of aliphatic hydroxyl groups is 1. The number of carbonyl (C=O) groups is 1. The quantitative estimate of drug-likeness (QED) is 0.900. The lowest BCUT2D eigenvalue weighted by molar-refractivity contribution is 0.103. The molecule has 1 fully saturated rings. The van der Waals surface area contributed by atoms with E-state index in [4.69, 9.17) is 21.4 Å². The summed E-state index contributed by atoms with van der Waals surface area (Å²) >= 11 is 5.84. The number of amides is 1. The Morgan fingerprint density at radius 3 is 2.65 bits per heavy atom. The number of methoxy groups -OCH3 is 1. The monoisotopic (exact) mass is 303 g/mol. The molecule has 1 unspecified atom stereocenters. The lowest BCUT2D eigenvalue weighted by Crippen LogP contribution is -2.48. The van der Waals surface area contributed by atoms with Crippen LogP contribution in [0.4, 0.5) is 9.18 Å². The van der Waals surface area contributed by atoms with Gasteiger partial charge in [-0.15, -0.1) is 0 Å². The van der Waals surface area contributed by atoms with Crippen molar-refractivity contribution in [1.29, 1.82) is 0 Å². The lowest BCUT2D eigenvalue weighted by atomic mass is 9.88. The Balaban J connectivity index is 2.44. The number of rotatable bonds is 3. The van der Waals surface area contributed by atoms with Gasteiger partial charge in [-0.25, -0.2) is 9.18 Å². The molecule has 2 N–H and O–H groups in total. The topological polar surface area (TPSA) is 70.0 Å². The van der Waals surface area contributed by atoms with Crippen molar-refractivity contribution in [2.75, 3.05) is 20.2 Å². The van der Waals surface area contributed by atoms with Gasteiger partial charge in [0.1, 0.15) is 11.6 Å². The van der Waals surface area contributed by atoms with Crippen molar-refractivity contribution in [3.63, 3.8) is 0 Å². The predicted octanol–water partition coefficient (Wildman–Crippen LogP) is 2.62. The van der Waals surface area contributed by atoms with Gasteiger partial charge < -0.3 is 19.8 Å². The number of benzene rings is 1. The van der Waals surface area contributed by atoms with Crippen LogP contribution in [0.5, 0.6) is 5.75 Å². The molecule has 5 nitrogen and oxygen atoms in total. The van der Waals surface area contributed by atoms with Gasteiger partial charge in [-0.05, 0) is 13.0 Å². The smallest absolute Gasteiger partial charge is 0.407 e. The van der Waals surface area contributed by atoms with E-state index in [1.165, 1.54) is 25.0 Å². The summed E-state index contributed by atoms with van der Waals surface area (Å²) in [4.78, 5) is 11.9. The molecule has 1 saturated heterocycles. The summed E-state index contributed by atoms with van der Waals surface area (Å²) in [6.45, 7) is 1.89. The summed E-state index contributed by atoms with van der Waals surface area (Å²) in [5.74, 6) is -0.711. The SMILES string of the molecule is COc1c(C(C)O)cc(Cl)c(F)c1C1CN(C(=O)O)C1. The van der Waals surface area contributed by atoms with E-state index in [-0.39, 0.29) is 35.3 Å². The summed E-state index contributed by atoms with van der Waals surface area (Å²) < 4.78 is 19.4. The molecule has 110 valence electrons. The van der Waals surface area contributed by atoms with E-state index in [0.29, 0.717) is 5.56 Å².